The molecule has 0 radical (unpaired) electrons. The van der Waals surface area contributed by atoms with E-state index < -0.39 is 0 Å². The van der Waals surface area contributed by atoms with Crippen molar-refractivity contribution >= 4 is 11.5 Å². The minimum Gasteiger partial charge on any atom is -0.478 e. The van der Waals surface area contributed by atoms with Gasteiger partial charge in [0.25, 0.3) is 0 Å². The molecule has 3 rings (SSSR count). The van der Waals surface area contributed by atoms with Crippen LogP contribution >= 0.6 is 0 Å². The van der Waals surface area contributed by atoms with Gasteiger partial charge in [0.15, 0.2) is 11.5 Å². The normalized spacial score (nSPS) is 12.2. The van der Waals surface area contributed by atoms with Crippen LogP contribution in [0.3, 0.4) is 0 Å². The number of aromatic nitrogens is 5. The maximum absolute atomic E-state index is 6.05. The third kappa shape index (κ3) is 4.88. The summed E-state index contributed by atoms with van der Waals surface area (Å²) < 4.78 is 13.1. The lowest BCUT2D eigenvalue weighted by Crippen LogP contribution is -2.15. The highest BCUT2D eigenvalue weighted by Gasteiger charge is 2.14. The van der Waals surface area contributed by atoms with Crippen molar-refractivity contribution < 1.29 is 9.47 Å². The van der Waals surface area contributed by atoms with E-state index in [4.69, 9.17) is 15.2 Å². The highest BCUT2D eigenvalue weighted by atomic mass is 16.5. The molecular formula is C20H28N6O2. The van der Waals surface area contributed by atoms with E-state index in [0.29, 0.717) is 30.4 Å². The molecule has 0 bridgehead atoms. The molecule has 0 aliphatic carbocycles. The molecule has 1 atom stereocenters. The Labute approximate surface area is 165 Å². The molecule has 0 saturated heterocycles. The predicted octanol–water partition coefficient (Wildman–Crippen LogP) is 3.44. The summed E-state index contributed by atoms with van der Waals surface area (Å²) in [7, 11) is 0. The molecule has 8 nitrogen and oxygen atoms in total. The van der Waals surface area contributed by atoms with E-state index in [-0.39, 0.29) is 12.1 Å². The second-order valence-electron chi connectivity index (χ2n) is 6.87. The number of hydrogen-bond acceptors (Lipinski definition) is 7. The highest BCUT2D eigenvalue weighted by molar-refractivity contribution is 5.59. The zero-order valence-electron chi connectivity index (χ0n) is 16.8. The molecule has 0 aliphatic heterocycles. The van der Waals surface area contributed by atoms with Crippen LogP contribution < -0.4 is 15.2 Å². The van der Waals surface area contributed by atoms with Gasteiger partial charge in [-0.1, -0.05) is 32.8 Å². The highest BCUT2D eigenvalue weighted by Crippen LogP contribution is 2.18. The van der Waals surface area contributed by atoms with Crippen LogP contribution in [0, 0.1) is 0 Å². The minimum absolute atomic E-state index is 0.0262. The summed E-state index contributed by atoms with van der Waals surface area (Å²) in [5.74, 6) is 0.945. The Morgan fingerprint density at radius 1 is 1.14 bits per heavy atom. The molecule has 150 valence electrons. The van der Waals surface area contributed by atoms with E-state index in [1.165, 1.54) is 0 Å². The molecule has 3 aromatic heterocycles. The number of nitrogen functional groups attached to an aromatic ring is 1. The first kappa shape index (κ1) is 19.9. The molecule has 0 saturated carbocycles. The molecule has 2 N–H and O–H groups in total. The number of unbranched alkanes of at least 4 members (excludes halogenated alkanes) is 1. The summed E-state index contributed by atoms with van der Waals surface area (Å²) in [6.07, 6.45) is 8.28. The molecule has 28 heavy (non-hydrogen) atoms. The molecule has 0 spiro atoms. The number of imidazole rings is 1. The molecule has 0 unspecified atom stereocenters. The third-order valence-corrected chi connectivity index (χ3v) is 4.37. The standard InChI is InChI=1S/C20H28N6O2/c1-4-6-10-27-17-9-8-15(12-22-17)11-16-13-23-19-18(21)24-20(25-26(16)19)28-14(3)7-5-2/h8-9,12-14H,4-7,10-11H2,1-3H3,(H2,21,24,25)/t14-/m0/s1. The van der Waals surface area contributed by atoms with Gasteiger partial charge in [-0.25, -0.2) is 14.5 Å². The zero-order valence-corrected chi connectivity index (χ0v) is 16.8. The Hall–Kier alpha value is -2.90. The van der Waals surface area contributed by atoms with E-state index in [9.17, 15) is 0 Å². The molecule has 0 aliphatic rings. The number of rotatable bonds is 10. The predicted molar refractivity (Wildman–Crippen MR) is 108 cm³/mol. The summed E-state index contributed by atoms with van der Waals surface area (Å²) in [6.45, 7) is 6.93. The smallest absolute Gasteiger partial charge is 0.336 e. The van der Waals surface area contributed by atoms with E-state index in [1.807, 2.05) is 25.3 Å². The van der Waals surface area contributed by atoms with Crippen LogP contribution in [-0.2, 0) is 6.42 Å². The maximum atomic E-state index is 6.05. The summed E-state index contributed by atoms with van der Waals surface area (Å²) in [4.78, 5) is 12.9. The van der Waals surface area contributed by atoms with E-state index in [2.05, 4.69) is 33.9 Å². The number of nitrogens with two attached hydrogens (primary N) is 1. The SMILES string of the molecule is CCCCOc1ccc(Cc2cnc3c(N)nc(O[C@@H](C)CCC)nn23)cn1. The van der Waals surface area contributed by atoms with Crippen LogP contribution in [0.25, 0.3) is 5.65 Å². The molecule has 3 heterocycles. The summed E-state index contributed by atoms with van der Waals surface area (Å²) in [5.41, 5.74) is 8.49. The van der Waals surface area contributed by atoms with Crippen LogP contribution in [-0.4, -0.2) is 37.3 Å². The first-order valence-corrected chi connectivity index (χ1v) is 9.85. The topological polar surface area (TPSA) is 100 Å². The van der Waals surface area contributed by atoms with Gasteiger partial charge >= 0.3 is 6.01 Å². The Balaban J connectivity index is 1.76. The van der Waals surface area contributed by atoms with Gasteiger partial charge < -0.3 is 15.2 Å². The second kappa shape index (κ2) is 9.34. The van der Waals surface area contributed by atoms with Crippen LogP contribution in [0.2, 0.25) is 0 Å². The molecule has 0 aromatic carbocycles. The van der Waals surface area contributed by atoms with Crippen molar-refractivity contribution in [2.45, 2.75) is 59.0 Å². The van der Waals surface area contributed by atoms with Crippen molar-refractivity contribution in [3.05, 3.63) is 35.8 Å². The quantitative estimate of drug-likeness (QED) is 0.534. The van der Waals surface area contributed by atoms with Gasteiger partial charge in [0.05, 0.1) is 24.6 Å². The lowest BCUT2D eigenvalue weighted by molar-refractivity contribution is 0.189. The van der Waals surface area contributed by atoms with Gasteiger partial charge in [0, 0.05) is 18.7 Å². The van der Waals surface area contributed by atoms with Gasteiger partial charge in [-0.15, -0.1) is 5.10 Å². The van der Waals surface area contributed by atoms with Crippen molar-refractivity contribution in [1.29, 1.82) is 0 Å². The fraction of sp³-hybridized carbons (Fsp3) is 0.500. The van der Waals surface area contributed by atoms with Crippen LogP contribution in [0.4, 0.5) is 5.82 Å². The van der Waals surface area contributed by atoms with Crippen LogP contribution in [0.15, 0.2) is 24.5 Å². The Morgan fingerprint density at radius 2 is 2.00 bits per heavy atom. The molecule has 8 heteroatoms. The van der Waals surface area contributed by atoms with Gasteiger partial charge in [-0.05, 0) is 25.3 Å². The fourth-order valence-corrected chi connectivity index (χ4v) is 2.88. The number of nitrogens with zero attached hydrogens (tertiary/aromatic N) is 5. The number of pyridine rings is 1. The minimum atomic E-state index is 0.0262. The van der Waals surface area contributed by atoms with Crippen molar-refractivity contribution in [2.24, 2.45) is 0 Å². The third-order valence-electron chi connectivity index (χ3n) is 4.37. The lowest BCUT2D eigenvalue weighted by Gasteiger charge is -2.12. The lowest BCUT2D eigenvalue weighted by atomic mass is 10.2. The summed E-state index contributed by atoms with van der Waals surface area (Å²) in [5, 5.41) is 4.48. The van der Waals surface area contributed by atoms with Gasteiger partial charge in [-0.2, -0.15) is 4.98 Å². The second-order valence-corrected chi connectivity index (χ2v) is 6.87. The fourth-order valence-electron chi connectivity index (χ4n) is 2.88. The van der Waals surface area contributed by atoms with Crippen molar-refractivity contribution in [3.63, 3.8) is 0 Å². The average molecular weight is 384 g/mol. The Morgan fingerprint density at radius 3 is 2.71 bits per heavy atom. The number of anilines is 1. The average Bonchev–Trinajstić information content (AvgIpc) is 3.07. The monoisotopic (exact) mass is 384 g/mol. The van der Waals surface area contributed by atoms with Gasteiger partial charge in [-0.3, -0.25) is 0 Å². The Bertz CT molecular complexity index is 894. The molecule has 0 fully saturated rings. The van der Waals surface area contributed by atoms with Crippen LogP contribution in [0.5, 0.6) is 11.9 Å². The largest absolute Gasteiger partial charge is 0.478 e. The first-order valence-electron chi connectivity index (χ1n) is 9.85. The van der Waals surface area contributed by atoms with Crippen molar-refractivity contribution in [1.82, 2.24) is 24.6 Å². The number of fused-ring (bicyclic) bond motifs is 1. The Kier molecular flexibility index (Phi) is 6.62. The number of hydrogen-bond donors (Lipinski definition) is 1. The molecule has 3 aromatic rings. The van der Waals surface area contributed by atoms with Crippen LogP contribution in [0.1, 0.15) is 57.7 Å². The zero-order chi connectivity index (χ0) is 19.9. The summed E-state index contributed by atoms with van der Waals surface area (Å²) >= 11 is 0. The molecular weight excluding hydrogens is 356 g/mol. The first-order chi connectivity index (χ1) is 13.6. The van der Waals surface area contributed by atoms with E-state index >= 15 is 0 Å². The van der Waals surface area contributed by atoms with Gasteiger partial charge in [0.1, 0.15) is 0 Å². The molecule has 0 amide bonds. The maximum Gasteiger partial charge on any atom is 0.336 e. The number of ether oxygens (including phenoxy) is 2. The van der Waals surface area contributed by atoms with E-state index in [1.54, 1.807) is 10.7 Å². The van der Waals surface area contributed by atoms with Crippen molar-refractivity contribution in [3.8, 4) is 11.9 Å². The summed E-state index contributed by atoms with van der Waals surface area (Å²) in [6, 6.07) is 4.15. The van der Waals surface area contributed by atoms with Crippen molar-refractivity contribution in [2.75, 3.05) is 12.3 Å². The van der Waals surface area contributed by atoms with Gasteiger partial charge in [0.2, 0.25) is 5.88 Å². The van der Waals surface area contributed by atoms with E-state index in [0.717, 1.165) is 36.9 Å².